The molecule has 1 unspecified atom stereocenters. The molecular weight excluding hydrogens is 276 g/mol. The zero-order valence-electron chi connectivity index (χ0n) is 11.5. The van der Waals surface area contributed by atoms with Crippen LogP contribution in [0.25, 0.3) is 0 Å². The molecule has 4 heteroatoms. The van der Waals surface area contributed by atoms with Gasteiger partial charge in [0.15, 0.2) is 0 Å². The van der Waals surface area contributed by atoms with Gasteiger partial charge in [0.05, 0.1) is 6.10 Å². The van der Waals surface area contributed by atoms with Crippen molar-refractivity contribution in [2.24, 2.45) is 0 Å². The average Bonchev–Trinajstić information content (AvgIpc) is 2.45. The molecule has 1 atom stereocenters. The number of hydrogen-bond donors (Lipinski definition) is 2. The summed E-state index contributed by atoms with van der Waals surface area (Å²) >= 11 is 6.34. The fourth-order valence-corrected chi connectivity index (χ4v) is 3.27. The van der Waals surface area contributed by atoms with E-state index >= 15 is 0 Å². The number of hydrogen-bond acceptors (Lipinski definition) is 2. The first kappa shape index (κ1) is 15.3. The normalized spacial score (nSPS) is 17.9. The van der Waals surface area contributed by atoms with Crippen LogP contribution >= 0.6 is 11.6 Å². The predicted octanol–water partition coefficient (Wildman–Crippen LogP) is 4.29. The van der Waals surface area contributed by atoms with E-state index in [9.17, 15) is 9.90 Å². The van der Waals surface area contributed by atoms with Crippen molar-refractivity contribution in [3.63, 3.8) is 0 Å². The number of carbonyl (C=O) groups is 1. The lowest BCUT2D eigenvalue weighted by molar-refractivity contribution is -0.137. The van der Waals surface area contributed by atoms with Crippen LogP contribution in [-0.2, 0) is 4.79 Å². The molecule has 1 aliphatic rings. The third kappa shape index (κ3) is 3.97. The minimum Gasteiger partial charge on any atom is -0.481 e. The highest BCUT2D eigenvalue weighted by Crippen LogP contribution is 2.37. The molecule has 1 aromatic carbocycles. The van der Waals surface area contributed by atoms with Gasteiger partial charge in [0.25, 0.3) is 0 Å². The van der Waals surface area contributed by atoms with Crippen molar-refractivity contribution in [1.82, 2.24) is 0 Å². The minimum absolute atomic E-state index is 0.0385. The number of rotatable bonds is 5. The van der Waals surface area contributed by atoms with Gasteiger partial charge in [-0.3, -0.25) is 4.79 Å². The van der Waals surface area contributed by atoms with Gasteiger partial charge in [0.2, 0.25) is 0 Å². The van der Waals surface area contributed by atoms with Crippen LogP contribution in [0.4, 0.5) is 0 Å². The highest BCUT2D eigenvalue weighted by molar-refractivity contribution is 6.31. The number of carboxylic acid groups (broad SMARTS) is 1. The summed E-state index contributed by atoms with van der Waals surface area (Å²) < 4.78 is 0. The molecule has 1 aromatic rings. The Bertz CT molecular complexity index is 467. The Morgan fingerprint density at radius 3 is 2.60 bits per heavy atom. The molecule has 2 N–H and O–H groups in total. The van der Waals surface area contributed by atoms with Gasteiger partial charge in [0.1, 0.15) is 0 Å². The molecule has 110 valence electrons. The number of halogens is 1. The fourth-order valence-electron chi connectivity index (χ4n) is 2.92. The second-order valence-electron chi connectivity index (χ2n) is 5.56. The minimum atomic E-state index is -0.894. The standard InChI is InChI=1S/C16H21ClO3/c17-14-10-12(15(18)8-9-16(19)20)6-7-13(14)11-4-2-1-3-5-11/h6-7,10-11,15,18H,1-5,8-9H2,(H,19,20). The maximum absolute atomic E-state index is 10.5. The lowest BCUT2D eigenvalue weighted by Gasteiger charge is -2.23. The highest BCUT2D eigenvalue weighted by atomic mass is 35.5. The smallest absolute Gasteiger partial charge is 0.303 e. The van der Waals surface area contributed by atoms with Crippen LogP contribution < -0.4 is 0 Å². The van der Waals surface area contributed by atoms with Gasteiger partial charge < -0.3 is 10.2 Å². The Labute approximate surface area is 124 Å². The Kier molecular flexibility index (Phi) is 5.44. The molecule has 0 amide bonds. The predicted molar refractivity (Wildman–Crippen MR) is 79.1 cm³/mol. The van der Waals surface area contributed by atoms with Gasteiger partial charge >= 0.3 is 5.97 Å². The van der Waals surface area contributed by atoms with E-state index in [1.807, 2.05) is 12.1 Å². The first-order valence-electron chi connectivity index (χ1n) is 7.27. The van der Waals surface area contributed by atoms with Crippen molar-refractivity contribution in [2.75, 3.05) is 0 Å². The van der Waals surface area contributed by atoms with Crippen LogP contribution in [0.2, 0.25) is 5.02 Å². The van der Waals surface area contributed by atoms with Gasteiger partial charge in [-0.2, -0.15) is 0 Å². The summed E-state index contributed by atoms with van der Waals surface area (Å²) in [6.07, 6.45) is 5.59. The van der Waals surface area contributed by atoms with Gasteiger partial charge in [-0.15, -0.1) is 0 Å². The van der Waals surface area contributed by atoms with E-state index in [0.717, 1.165) is 0 Å². The summed E-state index contributed by atoms with van der Waals surface area (Å²) in [4.78, 5) is 10.5. The molecular formula is C16H21ClO3. The summed E-state index contributed by atoms with van der Waals surface area (Å²) in [5.74, 6) is -0.365. The number of carboxylic acids is 1. The second kappa shape index (κ2) is 7.09. The SMILES string of the molecule is O=C(O)CCC(O)c1ccc(C2CCCCC2)c(Cl)c1. The Morgan fingerprint density at radius 2 is 2.00 bits per heavy atom. The molecule has 1 aliphatic carbocycles. The highest BCUT2D eigenvalue weighted by Gasteiger charge is 2.19. The van der Waals surface area contributed by atoms with Crippen molar-refractivity contribution < 1.29 is 15.0 Å². The van der Waals surface area contributed by atoms with Crippen molar-refractivity contribution >= 4 is 17.6 Å². The first-order chi connectivity index (χ1) is 9.58. The molecule has 0 aromatic heterocycles. The quantitative estimate of drug-likeness (QED) is 0.852. The Morgan fingerprint density at radius 1 is 1.30 bits per heavy atom. The Hall–Kier alpha value is -1.06. The summed E-state index contributed by atoms with van der Waals surface area (Å²) in [7, 11) is 0. The molecule has 0 spiro atoms. The first-order valence-corrected chi connectivity index (χ1v) is 7.65. The number of aliphatic hydroxyl groups excluding tert-OH is 1. The van der Waals surface area contributed by atoms with Crippen molar-refractivity contribution in [1.29, 1.82) is 0 Å². The fraction of sp³-hybridized carbons (Fsp3) is 0.562. The van der Waals surface area contributed by atoms with Gasteiger partial charge in [-0.25, -0.2) is 0 Å². The van der Waals surface area contributed by atoms with Crippen molar-refractivity contribution in [3.8, 4) is 0 Å². The number of benzene rings is 1. The van der Waals surface area contributed by atoms with Crippen LogP contribution in [0.5, 0.6) is 0 Å². The summed E-state index contributed by atoms with van der Waals surface area (Å²) in [6.45, 7) is 0. The van der Waals surface area contributed by atoms with E-state index in [2.05, 4.69) is 0 Å². The van der Waals surface area contributed by atoms with Crippen molar-refractivity contribution in [2.45, 2.75) is 57.0 Å². The van der Waals surface area contributed by atoms with E-state index in [-0.39, 0.29) is 12.8 Å². The average molecular weight is 297 g/mol. The van der Waals surface area contributed by atoms with Crippen molar-refractivity contribution in [3.05, 3.63) is 34.3 Å². The largest absolute Gasteiger partial charge is 0.481 e. The van der Waals surface area contributed by atoms with Crippen LogP contribution in [0, 0.1) is 0 Å². The van der Waals surface area contributed by atoms with Crippen LogP contribution in [0.15, 0.2) is 18.2 Å². The third-order valence-corrected chi connectivity index (χ3v) is 4.41. The van der Waals surface area contributed by atoms with Crippen LogP contribution in [0.1, 0.15) is 68.1 Å². The monoisotopic (exact) mass is 296 g/mol. The second-order valence-corrected chi connectivity index (χ2v) is 5.97. The summed E-state index contributed by atoms with van der Waals surface area (Å²) in [5, 5.41) is 19.3. The van der Waals surface area contributed by atoms with Gasteiger partial charge in [-0.05, 0) is 42.4 Å². The van der Waals surface area contributed by atoms with Crippen LogP contribution in [0.3, 0.4) is 0 Å². The zero-order valence-corrected chi connectivity index (χ0v) is 12.3. The van der Waals surface area contributed by atoms with E-state index in [0.29, 0.717) is 16.5 Å². The maximum atomic E-state index is 10.5. The molecule has 1 fully saturated rings. The van der Waals surface area contributed by atoms with E-state index < -0.39 is 12.1 Å². The molecule has 2 rings (SSSR count). The maximum Gasteiger partial charge on any atom is 0.303 e. The molecule has 0 heterocycles. The molecule has 3 nitrogen and oxygen atoms in total. The third-order valence-electron chi connectivity index (χ3n) is 4.09. The molecule has 0 aliphatic heterocycles. The summed E-state index contributed by atoms with van der Waals surface area (Å²) in [6, 6.07) is 5.66. The lowest BCUT2D eigenvalue weighted by atomic mass is 9.83. The van der Waals surface area contributed by atoms with Crippen LogP contribution in [-0.4, -0.2) is 16.2 Å². The zero-order chi connectivity index (χ0) is 14.5. The van der Waals surface area contributed by atoms with Gasteiger partial charge in [0, 0.05) is 11.4 Å². The molecule has 0 radical (unpaired) electrons. The topological polar surface area (TPSA) is 57.5 Å². The summed E-state index contributed by atoms with van der Waals surface area (Å²) in [5.41, 5.74) is 1.87. The van der Waals surface area contributed by atoms with E-state index in [1.165, 1.54) is 37.7 Å². The molecule has 0 saturated heterocycles. The lowest BCUT2D eigenvalue weighted by Crippen LogP contribution is -2.07. The number of aliphatic carboxylic acids is 1. The molecule has 1 saturated carbocycles. The Balaban J connectivity index is 2.06. The molecule has 0 bridgehead atoms. The van der Waals surface area contributed by atoms with Gasteiger partial charge in [-0.1, -0.05) is 43.0 Å². The van der Waals surface area contributed by atoms with E-state index in [1.54, 1.807) is 6.07 Å². The van der Waals surface area contributed by atoms with E-state index in [4.69, 9.17) is 16.7 Å². The molecule has 20 heavy (non-hydrogen) atoms. The number of aliphatic hydroxyl groups is 1.